The maximum absolute atomic E-state index is 12.3. The summed E-state index contributed by atoms with van der Waals surface area (Å²) >= 11 is 0. The fraction of sp³-hybridized carbons (Fsp3) is 0.618. The summed E-state index contributed by atoms with van der Waals surface area (Å²) < 4.78 is 5.79. The molecule has 3 aliphatic rings. The molecule has 1 saturated heterocycles. The predicted octanol–water partition coefficient (Wildman–Crippen LogP) is 8.17. The van der Waals surface area contributed by atoms with E-state index in [0.29, 0.717) is 13.1 Å². The van der Waals surface area contributed by atoms with Crippen LogP contribution in [-0.2, 0) is 4.74 Å². The number of unbranched alkanes of at least 4 members (excludes halogenated alkanes) is 1. The van der Waals surface area contributed by atoms with Crippen molar-refractivity contribution in [1.29, 1.82) is 0 Å². The van der Waals surface area contributed by atoms with E-state index in [1.165, 1.54) is 86.5 Å². The number of hydrogen-bond donors (Lipinski definition) is 2. The van der Waals surface area contributed by atoms with Crippen LogP contribution in [0, 0.1) is 0 Å². The Bertz CT molecular complexity index is 929. The predicted molar refractivity (Wildman–Crippen MR) is 156 cm³/mol. The van der Waals surface area contributed by atoms with Crippen LogP contribution in [0.3, 0.4) is 0 Å². The lowest BCUT2D eigenvalue weighted by atomic mass is 9.79. The highest BCUT2D eigenvalue weighted by Gasteiger charge is 2.34. The number of hydrogen-bond acceptors (Lipinski definition) is 3. The van der Waals surface area contributed by atoms with E-state index < -0.39 is 0 Å². The lowest BCUT2D eigenvalue weighted by molar-refractivity contribution is 0.106. The molecule has 2 aliphatic carbocycles. The molecule has 1 unspecified atom stereocenters. The fourth-order valence-corrected chi connectivity index (χ4v) is 7.12. The molecule has 2 aromatic rings. The van der Waals surface area contributed by atoms with E-state index >= 15 is 0 Å². The summed E-state index contributed by atoms with van der Waals surface area (Å²) in [6, 6.07) is 19.3. The van der Waals surface area contributed by atoms with Crippen LogP contribution in [-0.4, -0.2) is 31.3 Å². The Kier molecular flexibility index (Phi) is 9.78. The second-order valence-electron chi connectivity index (χ2n) is 12.0. The normalized spacial score (nSPS) is 23.0. The minimum absolute atomic E-state index is 0.0906. The van der Waals surface area contributed by atoms with Gasteiger partial charge in [0.15, 0.2) is 0 Å². The van der Waals surface area contributed by atoms with Crippen LogP contribution in [0.4, 0.5) is 4.79 Å². The summed E-state index contributed by atoms with van der Waals surface area (Å²) in [5.41, 5.74) is 5.73. The molecule has 4 nitrogen and oxygen atoms in total. The summed E-state index contributed by atoms with van der Waals surface area (Å²) in [5.74, 6) is 1.69. The largest absolute Gasteiger partial charge is 0.445 e. The van der Waals surface area contributed by atoms with Gasteiger partial charge in [0.2, 0.25) is 0 Å². The van der Waals surface area contributed by atoms with Crippen LogP contribution in [0.1, 0.15) is 130 Å². The molecule has 0 aromatic heterocycles. The average molecular weight is 517 g/mol. The maximum atomic E-state index is 12.3. The van der Waals surface area contributed by atoms with Crippen molar-refractivity contribution in [1.82, 2.24) is 10.6 Å². The molecule has 2 atom stereocenters. The van der Waals surface area contributed by atoms with Crippen molar-refractivity contribution in [3.8, 4) is 0 Å². The number of nitrogens with one attached hydrogen (secondary N) is 2. The molecule has 38 heavy (non-hydrogen) atoms. The first kappa shape index (κ1) is 27.2. The summed E-state index contributed by atoms with van der Waals surface area (Å²) in [6.07, 6.45) is 16.1. The van der Waals surface area contributed by atoms with Gasteiger partial charge < -0.3 is 15.4 Å². The van der Waals surface area contributed by atoms with E-state index in [1.54, 1.807) is 0 Å². The van der Waals surface area contributed by atoms with Crippen LogP contribution in [0.15, 0.2) is 48.5 Å². The third-order valence-corrected chi connectivity index (χ3v) is 9.34. The van der Waals surface area contributed by atoms with Crippen molar-refractivity contribution in [3.63, 3.8) is 0 Å². The molecular weight excluding hydrogens is 468 g/mol. The topological polar surface area (TPSA) is 50.4 Å². The third kappa shape index (κ3) is 7.00. The maximum Gasteiger partial charge on any atom is 0.407 e. The zero-order valence-corrected chi connectivity index (χ0v) is 23.4. The number of benzene rings is 2. The Morgan fingerprint density at radius 1 is 0.842 bits per heavy atom. The molecule has 1 aliphatic heterocycles. The first-order valence-electron chi connectivity index (χ1n) is 15.6. The zero-order chi connectivity index (χ0) is 26.2. The Labute approximate surface area is 230 Å². The molecular formula is C34H48N2O2. The van der Waals surface area contributed by atoms with Gasteiger partial charge in [-0.3, -0.25) is 0 Å². The quantitative estimate of drug-likeness (QED) is 0.331. The Balaban J connectivity index is 1.32. The lowest BCUT2D eigenvalue weighted by Crippen LogP contribution is -2.30. The summed E-state index contributed by atoms with van der Waals surface area (Å²) in [4.78, 5) is 12.3. The summed E-state index contributed by atoms with van der Waals surface area (Å²) in [6.45, 7) is 3.52. The van der Waals surface area contributed by atoms with Crippen LogP contribution in [0.2, 0.25) is 0 Å². The summed E-state index contributed by atoms with van der Waals surface area (Å²) in [5, 5.41) is 6.63. The van der Waals surface area contributed by atoms with E-state index in [9.17, 15) is 4.79 Å². The summed E-state index contributed by atoms with van der Waals surface area (Å²) in [7, 11) is 0. The smallest absolute Gasteiger partial charge is 0.407 e. The number of carbonyl (C=O) groups is 1. The molecule has 0 spiro atoms. The molecule has 1 heterocycles. The van der Waals surface area contributed by atoms with Gasteiger partial charge >= 0.3 is 6.09 Å². The Morgan fingerprint density at radius 3 is 1.87 bits per heavy atom. The van der Waals surface area contributed by atoms with Gasteiger partial charge in [-0.25, -0.2) is 4.79 Å². The van der Waals surface area contributed by atoms with Gasteiger partial charge in [-0.15, -0.1) is 0 Å². The molecule has 3 fully saturated rings. The third-order valence-electron chi connectivity index (χ3n) is 9.34. The molecule has 2 N–H and O–H groups in total. The van der Waals surface area contributed by atoms with Crippen molar-refractivity contribution in [2.24, 2.45) is 0 Å². The van der Waals surface area contributed by atoms with Gasteiger partial charge in [-0.05, 0) is 66.2 Å². The molecule has 5 rings (SSSR count). The van der Waals surface area contributed by atoms with Crippen LogP contribution in [0.25, 0.3) is 0 Å². The van der Waals surface area contributed by atoms with Crippen molar-refractivity contribution < 1.29 is 9.53 Å². The molecule has 4 heteroatoms. The molecule has 0 radical (unpaired) electrons. The van der Waals surface area contributed by atoms with Crippen LogP contribution < -0.4 is 10.6 Å². The SMILES string of the molecule is CCCCNC(=O)O[C@H]1CNC(C(c2ccc(C3CCCCC3)cc2)c2ccc(C3CCCCC3)cc2)C1. The van der Waals surface area contributed by atoms with E-state index in [1.807, 2.05) is 0 Å². The highest BCUT2D eigenvalue weighted by atomic mass is 16.6. The zero-order valence-electron chi connectivity index (χ0n) is 23.4. The number of amides is 1. The molecule has 1 amide bonds. The van der Waals surface area contributed by atoms with Crippen LogP contribution in [0.5, 0.6) is 0 Å². The highest BCUT2D eigenvalue weighted by molar-refractivity contribution is 5.67. The molecule has 206 valence electrons. The van der Waals surface area contributed by atoms with Gasteiger partial charge in [-0.1, -0.05) is 100 Å². The van der Waals surface area contributed by atoms with Gasteiger partial charge in [0.1, 0.15) is 6.10 Å². The second kappa shape index (κ2) is 13.6. The fourth-order valence-electron chi connectivity index (χ4n) is 7.12. The Morgan fingerprint density at radius 2 is 1.37 bits per heavy atom. The van der Waals surface area contributed by atoms with Crippen molar-refractivity contribution in [2.45, 2.75) is 120 Å². The van der Waals surface area contributed by atoms with E-state index in [0.717, 1.165) is 31.1 Å². The Hall–Kier alpha value is -2.33. The van der Waals surface area contributed by atoms with Crippen molar-refractivity contribution in [3.05, 3.63) is 70.8 Å². The first-order valence-corrected chi connectivity index (χ1v) is 15.6. The first-order chi connectivity index (χ1) is 18.7. The van der Waals surface area contributed by atoms with E-state index in [-0.39, 0.29) is 24.2 Å². The van der Waals surface area contributed by atoms with Crippen molar-refractivity contribution in [2.75, 3.05) is 13.1 Å². The monoisotopic (exact) mass is 516 g/mol. The van der Waals surface area contributed by atoms with Crippen molar-refractivity contribution >= 4 is 6.09 Å². The minimum Gasteiger partial charge on any atom is -0.445 e. The lowest BCUT2D eigenvalue weighted by Gasteiger charge is -2.27. The molecule has 0 bridgehead atoms. The molecule has 2 saturated carbocycles. The van der Waals surface area contributed by atoms with Gasteiger partial charge in [-0.2, -0.15) is 0 Å². The van der Waals surface area contributed by atoms with E-state index in [2.05, 4.69) is 66.1 Å². The van der Waals surface area contributed by atoms with Gasteiger partial charge in [0.25, 0.3) is 0 Å². The number of alkyl carbamates (subject to hydrolysis) is 1. The highest BCUT2D eigenvalue weighted by Crippen LogP contribution is 2.38. The second-order valence-corrected chi connectivity index (χ2v) is 12.0. The number of rotatable bonds is 9. The molecule has 2 aromatic carbocycles. The standard InChI is InChI=1S/C34H48N2O2/c1-2-3-22-35-34(37)38-31-23-32(36-24-31)33(29-18-14-27(15-19-29)25-10-6-4-7-11-25)30-20-16-28(17-21-30)26-12-8-5-9-13-26/h14-21,25-26,31-33,36H,2-13,22-24H2,1H3,(H,35,37)/t31-,32?/m1/s1. The van der Waals surface area contributed by atoms with Gasteiger partial charge in [0.05, 0.1) is 0 Å². The average Bonchev–Trinajstić information content (AvgIpc) is 3.42. The van der Waals surface area contributed by atoms with E-state index in [4.69, 9.17) is 4.74 Å². The number of ether oxygens (including phenoxy) is 1. The minimum atomic E-state index is -0.281. The van der Waals surface area contributed by atoms with Gasteiger partial charge in [0, 0.05) is 31.5 Å². The number of carbonyl (C=O) groups excluding carboxylic acids is 1. The van der Waals surface area contributed by atoms with Crippen LogP contribution >= 0.6 is 0 Å².